The molecule has 1 atom stereocenters. The monoisotopic (exact) mass is 297 g/mol. The summed E-state index contributed by atoms with van der Waals surface area (Å²) in [6.07, 6.45) is 1.94. The second-order valence-corrected chi connectivity index (χ2v) is 6.88. The maximum atomic E-state index is 12.0. The minimum atomic E-state index is -3.56. The van der Waals surface area contributed by atoms with E-state index in [2.05, 4.69) is 10.0 Å². The SMILES string of the molecule is CC(NS(=O)(=O)Cc1ccc(N)cc1)C(=O)NC1CC1. The number of benzene rings is 1. The van der Waals surface area contributed by atoms with E-state index in [9.17, 15) is 13.2 Å². The standard InChI is InChI=1S/C13H19N3O3S/c1-9(13(17)15-12-6-7-12)16-20(18,19)8-10-2-4-11(14)5-3-10/h2-5,9,12,16H,6-8,14H2,1H3,(H,15,17). The second-order valence-electron chi connectivity index (χ2n) is 5.12. The molecule has 6 nitrogen and oxygen atoms in total. The van der Waals surface area contributed by atoms with Crippen LogP contribution >= 0.6 is 0 Å². The first-order chi connectivity index (χ1) is 9.35. The Morgan fingerprint density at radius 1 is 1.35 bits per heavy atom. The lowest BCUT2D eigenvalue weighted by Crippen LogP contribution is -2.45. The molecule has 0 aromatic heterocycles. The Labute approximate surface area is 118 Å². The third-order valence-corrected chi connectivity index (χ3v) is 4.44. The van der Waals surface area contributed by atoms with Gasteiger partial charge in [0.05, 0.1) is 11.8 Å². The van der Waals surface area contributed by atoms with Gasteiger partial charge in [0.25, 0.3) is 0 Å². The number of nitrogens with one attached hydrogen (secondary N) is 2. The molecule has 2 rings (SSSR count). The summed E-state index contributed by atoms with van der Waals surface area (Å²) in [6.45, 7) is 1.54. The van der Waals surface area contributed by atoms with Gasteiger partial charge in [0.2, 0.25) is 15.9 Å². The van der Waals surface area contributed by atoms with Crippen molar-refractivity contribution in [2.24, 2.45) is 0 Å². The molecule has 1 aliphatic rings. The van der Waals surface area contributed by atoms with Crippen LogP contribution in [0.15, 0.2) is 24.3 Å². The van der Waals surface area contributed by atoms with Gasteiger partial charge in [-0.15, -0.1) is 0 Å². The van der Waals surface area contributed by atoms with E-state index in [4.69, 9.17) is 5.73 Å². The van der Waals surface area contributed by atoms with E-state index in [0.717, 1.165) is 12.8 Å². The maximum Gasteiger partial charge on any atom is 0.238 e. The highest BCUT2D eigenvalue weighted by Crippen LogP contribution is 2.18. The van der Waals surface area contributed by atoms with E-state index in [0.29, 0.717) is 11.3 Å². The van der Waals surface area contributed by atoms with E-state index in [1.54, 1.807) is 24.3 Å². The lowest BCUT2D eigenvalue weighted by atomic mass is 10.2. The number of sulfonamides is 1. The van der Waals surface area contributed by atoms with Gasteiger partial charge in [-0.25, -0.2) is 13.1 Å². The number of carbonyl (C=O) groups excluding carboxylic acids is 1. The fourth-order valence-electron chi connectivity index (χ4n) is 1.75. The van der Waals surface area contributed by atoms with Gasteiger partial charge in [0.15, 0.2) is 0 Å². The summed E-state index contributed by atoms with van der Waals surface area (Å²) in [5, 5.41) is 2.77. The first-order valence-electron chi connectivity index (χ1n) is 6.50. The Bertz CT molecular complexity index is 579. The van der Waals surface area contributed by atoms with Crippen LogP contribution < -0.4 is 15.8 Å². The minimum absolute atomic E-state index is 0.172. The van der Waals surface area contributed by atoms with Crippen molar-refractivity contribution in [3.05, 3.63) is 29.8 Å². The first kappa shape index (κ1) is 14.8. The summed E-state index contributed by atoms with van der Waals surface area (Å²) in [5.41, 5.74) is 6.75. The summed E-state index contributed by atoms with van der Waals surface area (Å²) in [5.74, 6) is -0.456. The average Bonchev–Trinajstić information content (AvgIpc) is 3.15. The topological polar surface area (TPSA) is 101 Å². The molecule has 4 N–H and O–H groups in total. The van der Waals surface area contributed by atoms with Crippen LogP contribution in [-0.4, -0.2) is 26.4 Å². The van der Waals surface area contributed by atoms with Crippen molar-refractivity contribution in [3.63, 3.8) is 0 Å². The molecule has 1 amide bonds. The average molecular weight is 297 g/mol. The van der Waals surface area contributed by atoms with Crippen LogP contribution in [0.25, 0.3) is 0 Å². The first-order valence-corrected chi connectivity index (χ1v) is 8.16. The highest BCUT2D eigenvalue weighted by Gasteiger charge is 2.27. The van der Waals surface area contributed by atoms with E-state index in [-0.39, 0.29) is 17.7 Å². The minimum Gasteiger partial charge on any atom is -0.399 e. The number of hydrogen-bond acceptors (Lipinski definition) is 4. The summed E-state index contributed by atoms with van der Waals surface area (Å²) < 4.78 is 26.3. The Kier molecular flexibility index (Phi) is 4.29. The van der Waals surface area contributed by atoms with Crippen molar-refractivity contribution < 1.29 is 13.2 Å². The van der Waals surface area contributed by atoms with Crippen LogP contribution in [0.5, 0.6) is 0 Å². The molecule has 7 heteroatoms. The van der Waals surface area contributed by atoms with Crippen molar-refractivity contribution >= 4 is 21.6 Å². The van der Waals surface area contributed by atoms with Gasteiger partial charge in [-0.3, -0.25) is 4.79 Å². The molecule has 110 valence electrons. The molecule has 20 heavy (non-hydrogen) atoms. The quantitative estimate of drug-likeness (QED) is 0.660. The third kappa shape index (κ3) is 4.50. The van der Waals surface area contributed by atoms with E-state index < -0.39 is 16.1 Å². The lowest BCUT2D eigenvalue weighted by molar-refractivity contribution is -0.122. The van der Waals surface area contributed by atoms with E-state index in [1.165, 1.54) is 6.92 Å². The Balaban J connectivity index is 1.92. The van der Waals surface area contributed by atoms with Gasteiger partial charge in [0, 0.05) is 11.7 Å². The highest BCUT2D eigenvalue weighted by molar-refractivity contribution is 7.88. The zero-order valence-electron chi connectivity index (χ0n) is 11.3. The van der Waals surface area contributed by atoms with Crippen LogP contribution in [0.2, 0.25) is 0 Å². The Morgan fingerprint density at radius 2 is 1.95 bits per heavy atom. The normalized spacial score (nSPS) is 16.6. The van der Waals surface area contributed by atoms with Gasteiger partial charge in [-0.2, -0.15) is 0 Å². The maximum absolute atomic E-state index is 12.0. The highest BCUT2D eigenvalue weighted by atomic mass is 32.2. The molecular formula is C13H19N3O3S. The van der Waals surface area contributed by atoms with Crippen LogP contribution in [0.4, 0.5) is 5.69 Å². The number of anilines is 1. The summed E-state index contributed by atoms with van der Waals surface area (Å²) >= 11 is 0. The number of carbonyl (C=O) groups is 1. The molecule has 0 radical (unpaired) electrons. The van der Waals surface area contributed by atoms with Crippen molar-refractivity contribution in [1.29, 1.82) is 0 Å². The van der Waals surface area contributed by atoms with Crippen LogP contribution in [-0.2, 0) is 20.6 Å². The summed E-state index contributed by atoms with van der Waals surface area (Å²) in [4.78, 5) is 11.7. The summed E-state index contributed by atoms with van der Waals surface area (Å²) in [6, 6.07) is 6.05. The molecule has 0 saturated heterocycles. The molecule has 1 unspecified atom stereocenters. The number of nitrogen functional groups attached to an aromatic ring is 1. The van der Waals surface area contributed by atoms with Gasteiger partial charge in [-0.05, 0) is 37.5 Å². The smallest absolute Gasteiger partial charge is 0.238 e. The molecule has 0 aliphatic heterocycles. The van der Waals surface area contributed by atoms with Gasteiger partial charge in [0.1, 0.15) is 0 Å². The van der Waals surface area contributed by atoms with Crippen molar-refractivity contribution in [2.45, 2.75) is 37.6 Å². The van der Waals surface area contributed by atoms with Gasteiger partial charge in [-0.1, -0.05) is 12.1 Å². The Hall–Kier alpha value is -1.60. The summed E-state index contributed by atoms with van der Waals surface area (Å²) in [7, 11) is -3.56. The molecule has 1 aromatic carbocycles. The molecule has 1 saturated carbocycles. The number of hydrogen-bond donors (Lipinski definition) is 3. The molecule has 1 fully saturated rings. The van der Waals surface area contributed by atoms with Gasteiger partial charge >= 0.3 is 0 Å². The zero-order chi connectivity index (χ0) is 14.8. The fraction of sp³-hybridized carbons (Fsp3) is 0.462. The fourth-order valence-corrected chi connectivity index (χ4v) is 3.11. The van der Waals surface area contributed by atoms with Crippen molar-refractivity contribution in [3.8, 4) is 0 Å². The van der Waals surface area contributed by atoms with E-state index in [1.807, 2.05) is 0 Å². The predicted octanol–water partition coefficient (Wildman–Crippen LogP) is 0.355. The molecule has 0 heterocycles. The third-order valence-electron chi connectivity index (χ3n) is 3.01. The van der Waals surface area contributed by atoms with Crippen LogP contribution in [0.1, 0.15) is 25.3 Å². The second kappa shape index (κ2) is 5.80. The number of amides is 1. The van der Waals surface area contributed by atoms with Crippen LogP contribution in [0.3, 0.4) is 0 Å². The largest absolute Gasteiger partial charge is 0.399 e. The lowest BCUT2D eigenvalue weighted by Gasteiger charge is -2.14. The van der Waals surface area contributed by atoms with Crippen molar-refractivity contribution in [1.82, 2.24) is 10.0 Å². The molecule has 0 bridgehead atoms. The predicted molar refractivity (Wildman–Crippen MR) is 77.2 cm³/mol. The van der Waals surface area contributed by atoms with Gasteiger partial charge < -0.3 is 11.1 Å². The Morgan fingerprint density at radius 3 is 2.50 bits per heavy atom. The van der Waals surface area contributed by atoms with Crippen LogP contribution in [0, 0.1) is 0 Å². The zero-order valence-corrected chi connectivity index (χ0v) is 12.1. The molecule has 1 aromatic rings. The van der Waals surface area contributed by atoms with E-state index >= 15 is 0 Å². The molecule has 0 spiro atoms. The number of nitrogens with two attached hydrogens (primary N) is 1. The van der Waals surface area contributed by atoms with Crippen molar-refractivity contribution in [2.75, 3.05) is 5.73 Å². The molecular weight excluding hydrogens is 278 g/mol. The molecule has 1 aliphatic carbocycles. The number of rotatable bonds is 6.